The number of esters is 1. The fourth-order valence-electron chi connectivity index (χ4n) is 1.35. The Hall–Kier alpha value is -0.830. The maximum absolute atomic E-state index is 10.8. The molecule has 80 valence electrons. The van der Waals surface area contributed by atoms with Crippen LogP contribution in [0.1, 0.15) is 26.7 Å². The SMILES string of the molecule is C=CC(=O)OCC(C)CCC1OC1C. The summed E-state index contributed by atoms with van der Waals surface area (Å²) in [6.07, 6.45) is 4.16. The highest BCUT2D eigenvalue weighted by Gasteiger charge is 2.33. The van der Waals surface area contributed by atoms with Crippen molar-refractivity contribution in [2.24, 2.45) is 5.92 Å². The molecule has 1 saturated heterocycles. The predicted octanol–water partition coefficient (Wildman–Crippen LogP) is 1.92. The van der Waals surface area contributed by atoms with Crippen molar-refractivity contribution in [1.82, 2.24) is 0 Å². The van der Waals surface area contributed by atoms with Gasteiger partial charge in [0.25, 0.3) is 0 Å². The third kappa shape index (κ3) is 3.92. The molecular formula is C11H18O3. The van der Waals surface area contributed by atoms with Gasteiger partial charge in [-0.05, 0) is 25.7 Å². The molecule has 0 bridgehead atoms. The van der Waals surface area contributed by atoms with E-state index < -0.39 is 0 Å². The minimum absolute atomic E-state index is 0.340. The number of ether oxygens (including phenoxy) is 2. The number of carbonyl (C=O) groups excluding carboxylic acids is 1. The van der Waals surface area contributed by atoms with Crippen LogP contribution in [0.3, 0.4) is 0 Å². The van der Waals surface area contributed by atoms with E-state index in [1.165, 1.54) is 6.08 Å². The third-order valence-electron chi connectivity index (χ3n) is 2.46. The van der Waals surface area contributed by atoms with Gasteiger partial charge in [-0.15, -0.1) is 0 Å². The van der Waals surface area contributed by atoms with E-state index in [1.807, 2.05) is 0 Å². The number of epoxide rings is 1. The van der Waals surface area contributed by atoms with E-state index in [1.54, 1.807) is 0 Å². The van der Waals surface area contributed by atoms with Gasteiger partial charge in [-0.25, -0.2) is 4.79 Å². The molecule has 1 heterocycles. The van der Waals surface area contributed by atoms with Crippen LogP contribution in [0.25, 0.3) is 0 Å². The second-order valence-corrected chi connectivity index (χ2v) is 3.90. The Morgan fingerprint density at radius 3 is 2.86 bits per heavy atom. The zero-order valence-electron chi connectivity index (χ0n) is 8.86. The van der Waals surface area contributed by atoms with Crippen LogP contribution in [0, 0.1) is 5.92 Å². The molecule has 1 fully saturated rings. The van der Waals surface area contributed by atoms with Gasteiger partial charge in [0.2, 0.25) is 0 Å². The smallest absolute Gasteiger partial charge is 0.330 e. The van der Waals surface area contributed by atoms with Gasteiger partial charge in [0, 0.05) is 6.08 Å². The largest absolute Gasteiger partial charge is 0.462 e. The predicted molar refractivity (Wildman–Crippen MR) is 53.9 cm³/mol. The Morgan fingerprint density at radius 1 is 1.71 bits per heavy atom. The number of carbonyl (C=O) groups is 1. The molecule has 0 amide bonds. The standard InChI is InChI=1S/C11H18O3/c1-4-11(12)13-7-8(2)5-6-10-9(3)14-10/h4,8-10H,1,5-7H2,2-3H3. The van der Waals surface area contributed by atoms with Gasteiger partial charge >= 0.3 is 5.97 Å². The van der Waals surface area contributed by atoms with Crippen LogP contribution in [0.2, 0.25) is 0 Å². The van der Waals surface area contributed by atoms with Crippen LogP contribution in [-0.4, -0.2) is 24.8 Å². The summed E-state index contributed by atoms with van der Waals surface area (Å²) in [7, 11) is 0. The first-order valence-electron chi connectivity index (χ1n) is 5.08. The summed E-state index contributed by atoms with van der Waals surface area (Å²) in [5.74, 6) is 0.0585. The first-order chi connectivity index (χ1) is 6.63. The summed E-state index contributed by atoms with van der Waals surface area (Å²) >= 11 is 0. The maximum Gasteiger partial charge on any atom is 0.330 e. The molecular weight excluding hydrogens is 180 g/mol. The highest BCUT2D eigenvalue weighted by Crippen LogP contribution is 2.27. The number of rotatable bonds is 6. The first kappa shape index (κ1) is 11.2. The Labute approximate surface area is 85.1 Å². The molecule has 0 aromatic carbocycles. The topological polar surface area (TPSA) is 38.8 Å². The molecule has 1 aliphatic heterocycles. The molecule has 1 aliphatic rings. The molecule has 3 atom stereocenters. The lowest BCUT2D eigenvalue weighted by atomic mass is 10.0. The summed E-state index contributed by atoms with van der Waals surface area (Å²) in [5, 5.41) is 0. The fraction of sp³-hybridized carbons (Fsp3) is 0.727. The summed E-state index contributed by atoms with van der Waals surface area (Å²) in [6, 6.07) is 0. The normalized spacial score (nSPS) is 26.7. The molecule has 1 rings (SSSR count). The Balaban J connectivity index is 2.01. The monoisotopic (exact) mass is 198 g/mol. The second-order valence-electron chi connectivity index (χ2n) is 3.90. The summed E-state index contributed by atoms with van der Waals surface area (Å²) < 4.78 is 10.2. The van der Waals surface area contributed by atoms with Crippen molar-refractivity contribution in [3.05, 3.63) is 12.7 Å². The summed E-state index contributed by atoms with van der Waals surface area (Å²) in [5.41, 5.74) is 0. The summed E-state index contributed by atoms with van der Waals surface area (Å²) in [6.45, 7) is 7.97. The van der Waals surface area contributed by atoms with Crippen LogP contribution in [-0.2, 0) is 14.3 Å². The van der Waals surface area contributed by atoms with Gasteiger partial charge < -0.3 is 9.47 Å². The van der Waals surface area contributed by atoms with Crippen molar-refractivity contribution >= 4 is 5.97 Å². The first-order valence-corrected chi connectivity index (χ1v) is 5.08. The van der Waals surface area contributed by atoms with Crippen molar-refractivity contribution in [3.63, 3.8) is 0 Å². The quantitative estimate of drug-likeness (QED) is 0.372. The Kier molecular flexibility index (Phi) is 4.14. The fourth-order valence-corrected chi connectivity index (χ4v) is 1.35. The molecule has 0 saturated carbocycles. The zero-order valence-corrected chi connectivity index (χ0v) is 8.86. The lowest BCUT2D eigenvalue weighted by Crippen LogP contribution is -2.10. The molecule has 0 aliphatic carbocycles. The van der Waals surface area contributed by atoms with Crippen LogP contribution in [0.4, 0.5) is 0 Å². The van der Waals surface area contributed by atoms with E-state index >= 15 is 0 Å². The molecule has 0 aromatic heterocycles. The van der Waals surface area contributed by atoms with E-state index in [2.05, 4.69) is 20.4 Å². The number of hydrogen-bond acceptors (Lipinski definition) is 3. The molecule has 0 spiro atoms. The van der Waals surface area contributed by atoms with E-state index in [0.717, 1.165) is 12.8 Å². The van der Waals surface area contributed by atoms with E-state index in [-0.39, 0.29) is 5.97 Å². The Bertz CT molecular complexity index is 213. The highest BCUT2D eigenvalue weighted by molar-refractivity contribution is 5.81. The summed E-state index contributed by atoms with van der Waals surface area (Å²) in [4.78, 5) is 10.8. The maximum atomic E-state index is 10.8. The highest BCUT2D eigenvalue weighted by atomic mass is 16.6. The third-order valence-corrected chi connectivity index (χ3v) is 2.46. The lowest BCUT2D eigenvalue weighted by Gasteiger charge is -2.09. The van der Waals surface area contributed by atoms with Crippen LogP contribution in [0.5, 0.6) is 0 Å². The average Bonchev–Trinajstić information content (AvgIpc) is 2.87. The minimum atomic E-state index is -0.340. The van der Waals surface area contributed by atoms with E-state index in [4.69, 9.17) is 9.47 Å². The molecule has 0 radical (unpaired) electrons. The second kappa shape index (κ2) is 5.15. The van der Waals surface area contributed by atoms with Gasteiger partial charge in [0.15, 0.2) is 0 Å². The van der Waals surface area contributed by atoms with Crippen molar-refractivity contribution in [3.8, 4) is 0 Å². The molecule has 3 heteroatoms. The van der Waals surface area contributed by atoms with Crippen molar-refractivity contribution < 1.29 is 14.3 Å². The van der Waals surface area contributed by atoms with Gasteiger partial charge in [0.1, 0.15) is 0 Å². The molecule has 0 N–H and O–H groups in total. The van der Waals surface area contributed by atoms with Crippen LogP contribution >= 0.6 is 0 Å². The van der Waals surface area contributed by atoms with Crippen molar-refractivity contribution in [2.45, 2.75) is 38.9 Å². The van der Waals surface area contributed by atoms with Crippen molar-refractivity contribution in [1.29, 1.82) is 0 Å². The number of hydrogen-bond donors (Lipinski definition) is 0. The zero-order chi connectivity index (χ0) is 10.6. The van der Waals surface area contributed by atoms with Gasteiger partial charge in [0.05, 0.1) is 18.8 Å². The molecule has 14 heavy (non-hydrogen) atoms. The molecule has 3 nitrogen and oxygen atoms in total. The minimum Gasteiger partial charge on any atom is -0.462 e. The van der Waals surface area contributed by atoms with Gasteiger partial charge in [-0.3, -0.25) is 0 Å². The van der Waals surface area contributed by atoms with Crippen LogP contribution < -0.4 is 0 Å². The van der Waals surface area contributed by atoms with Crippen LogP contribution in [0.15, 0.2) is 12.7 Å². The van der Waals surface area contributed by atoms with E-state index in [9.17, 15) is 4.79 Å². The lowest BCUT2D eigenvalue weighted by molar-refractivity contribution is -0.138. The average molecular weight is 198 g/mol. The van der Waals surface area contributed by atoms with E-state index in [0.29, 0.717) is 24.7 Å². The molecule has 0 aromatic rings. The van der Waals surface area contributed by atoms with Crippen molar-refractivity contribution in [2.75, 3.05) is 6.61 Å². The van der Waals surface area contributed by atoms with Gasteiger partial charge in [-0.2, -0.15) is 0 Å². The van der Waals surface area contributed by atoms with Gasteiger partial charge in [-0.1, -0.05) is 13.5 Å². The molecule has 3 unspecified atom stereocenters. The Morgan fingerprint density at radius 2 is 2.36 bits per heavy atom.